The number of rotatable bonds is 5. The van der Waals surface area contributed by atoms with Gasteiger partial charge < -0.3 is 5.32 Å². The number of amides is 2. The molecule has 1 heterocycles. The molecule has 1 N–H and O–H groups in total. The number of thiocarbonyl (C=S) groups is 1. The molecular formula is C19H13Cl2N3O4S2. The molecule has 0 aliphatic carbocycles. The number of nitrogens with one attached hydrogen (secondary N) is 1. The third kappa shape index (κ3) is 4.65. The van der Waals surface area contributed by atoms with Crippen LogP contribution in [-0.2, 0) is 9.59 Å². The molecule has 1 aliphatic heterocycles. The van der Waals surface area contributed by atoms with Crippen molar-refractivity contribution in [2.24, 2.45) is 0 Å². The summed E-state index contributed by atoms with van der Waals surface area (Å²) in [7, 11) is 0. The number of non-ortho nitro benzene ring substituents is 1. The van der Waals surface area contributed by atoms with Crippen LogP contribution in [0.5, 0.6) is 0 Å². The molecule has 0 radical (unpaired) electrons. The van der Waals surface area contributed by atoms with Gasteiger partial charge in [0, 0.05) is 17.8 Å². The Kier molecular flexibility index (Phi) is 6.77. The van der Waals surface area contributed by atoms with Crippen LogP contribution in [0, 0.1) is 10.1 Å². The number of benzene rings is 2. The van der Waals surface area contributed by atoms with E-state index in [-0.39, 0.29) is 10.0 Å². The van der Waals surface area contributed by atoms with Crippen molar-refractivity contribution in [3.05, 3.63) is 73.1 Å². The lowest BCUT2D eigenvalue weighted by molar-refractivity contribution is -0.384. The summed E-state index contributed by atoms with van der Waals surface area (Å²) in [6.07, 6.45) is 1.58. The van der Waals surface area contributed by atoms with E-state index in [0.717, 1.165) is 11.8 Å². The van der Waals surface area contributed by atoms with Crippen molar-refractivity contribution < 1.29 is 14.5 Å². The average Bonchev–Trinajstić information content (AvgIpc) is 2.98. The minimum Gasteiger partial charge on any atom is -0.324 e. The highest BCUT2D eigenvalue weighted by molar-refractivity contribution is 8.26. The van der Waals surface area contributed by atoms with Gasteiger partial charge in [0.15, 0.2) is 0 Å². The van der Waals surface area contributed by atoms with E-state index in [0.29, 0.717) is 26.2 Å². The Morgan fingerprint density at radius 1 is 1.27 bits per heavy atom. The average molecular weight is 482 g/mol. The van der Waals surface area contributed by atoms with E-state index in [1.54, 1.807) is 31.2 Å². The zero-order valence-corrected chi connectivity index (χ0v) is 18.4. The Labute approximate surface area is 191 Å². The predicted molar refractivity (Wildman–Crippen MR) is 123 cm³/mol. The molecule has 30 heavy (non-hydrogen) atoms. The molecule has 1 saturated heterocycles. The van der Waals surface area contributed by atoms with E-state index in [4.69, 9.17) is 35.4 Å². The molecule has 11 heteroatoms. The van der Waals surface area contributed by atoms with Crippen molar-refractivity contribution in [2.45, 2.75) is 13.0 Å². The molecule has 1 atom stereocenters. The van der Waals surface area contributed by atoms with E-state index in [1.807, 2.05) is 0 Å². The minimum atomic E-state index is -0.895. The van der Waals surface area contributed by atoms with Crippen molar-refractivity contribution in [2.75, 3.05) is 5.32 Å². The van der Waals surface area contributed by atoms with Crippen molar-refractivity contribution in [1.82, 2.24) is 4.90 Å². The zero-order valence-electron chi connectivity index (χ0n) is 15.3. The van der Waals surface area contributed by atoms with Gasteiger partial charge in [0.25, 0.3) is 11.6 Å². The molecule has 0 spiro atoms. The number of carbonyl (C=O) groups excluding carboxylic acids is 2. The fraction of sp³-hybridized carbons (Fsp3) is 0.105. The van der Waals surface area contributed by atoms with Gasteiger partial charge in [0.2, 0.25) is 5.91 Å². The zero-order chi connectivity index (χ0) is 22.0. The monoisotopic (exact) mass is 481 g/mol. The summed E-state index contributed by atoms with van der Waals surface area (Å²) in [6.45, 7) is 1.54. The lowest BCUT2D eigenvalue weighted by Gasteiger charge is -2.22. The van der Waals surface area contributed by atoms with Gasteiger partial charge in [-0.25, -0.2) is 0 Å². The lowest BCUT2D eigenvalue weighted by atomic mass is 10.2. The van der Waals surface area contributed by atoms with Gasteiger partial charge in [0.1, 0.15) is 10.4 Å². The van der Waals surface area contributed by atoms with Gasteiger partial charge in [-0.2, -0.15) is 0 Å². The Balaban J connectivity index is 1.76. The standard InChI is InChI=1S/C19H13Cl2N3O4S2/c1-10(17(25)22-12-5-7-13(8-6-12)24(27)28)23-18(26)15(30-19(23)29)9-11-3-2-4-14(20)16(11)21/h2-10H,1H3,(H,22,25)/b15-9-. The maximum absolute atomic E-state index is 12.9. The summed E-state index contributed by atoms with van der Waals surface area (Å²) in [5, 5.41) is 14.0. The Morgan fingerprint density at radius 2 is 1.93 bits per heavy atom. The first kappa shape index (κ1) is 22.2. The highest BCUT2D eigenvalue weighted by atomic mass is 35.5. The highest BCUT2D eigenvalue weighted by Gasteiger charge is 2.38. The number of hydrogen-bond donors (Lipinski definition) is 1. The Morgan fingerprint density at radius 3 is 2.57 bits per heavy atom. The number of carbonyl (C=O) groups is 2. The van der Waals surface area contributed by atoms with Gasteiger partial charge in [0.05, 0.1) is 19.9 Å². The van der Waals surface area contributed by atoms with Crippen LogP contribution in [0.25, 0.3) is 6.08 Å². The first-order valence-electron chi connectivity index (χ1n) is 8.45. The van der Waals surface area contributed by atoms with Crippen molar-refractivity contribution in [3.8, 4) is 0 Å². The number of nitro groups is 1. The van der Waals surface area contributed by atoms with Crippen LogP contribution in [0.2, 0.25) is 10.0 Å². The van der Waals surface area contributed by atoms with Gasteiger partial charge in [-0.05, 0) is 36.8 Å². The second-order valence-electron chi connectivity index (χ2n) is 6.16. The SMILES string of the molecule is CC(C(=O)Nc1ccc([N+](=O)[O-])cc1)N1C(=O)/C(=C/c2cccc(Cl)c2Cl)SC1=S. The Hall–Kier alpha value is -2.46. The molecule has 2 aromatic carbocycles. The molecule has 154 valence electrons. The molecule has 1 aliphatic rings. The first-order valence-corrected chi connectivity index (χ1v) is 10.4. The van der Waals surface area contributed by atoms with Gasteiger partial charge in [-0.1, -0.05) is 59.3 Å². The molecule has 7 nitrogen and oxygen atoms in total. The summed E-state index contributed by atoms with van der Waals surface area (Å²) < 4.78 is 0.232. The first-order chi connectivity index (χ1) is 14.2. The summed E-state index contributed by atoms with van der Waals surface area (Å²) in [5.41, 5.74) is 0.833. The number of halogens is 2. The number of nitrogens with zero attached hydrogens (tertiary/aromatic N) is 2. The number of hydrogen-bond acceptors (Lipinski definition) is 6. The van der Waals surface area contributed by atoms with Crippen LogP contribution in [0.3, 0.4) is 0 Å². The smallest absolute Gasteiger partial charge is 0.269 e. The van der Waals surface area contributed by atoms with Crippen LogP contribution in [0.1, 0.15) is 12.5 Å². The normalized spacial score (nSPS) is 16.1. The molecule has 0 aromatic heterocycles. The predicted octanol–water partition coefficient (Wildman–Crippen LogP) is 5.13. The second-order valence-corrected chi connectivity index (χ2v) is 8.62. The second kappa shape index (κ2) is 9.13. The van der Waals surface area contributed by atoms with E-state index in [2.05, 4.69) is 5.32 Å². The molecule has 0 saturated carbocycles. The van der Waals surface area contributed by atoms with Gasteiger partial charge in [-0.3, -0.25) is 24.6 Å². The maximum atomic E-state index is 12.9. The summed E-state index contributed by atoms with van der Waals surface area (Å²) in [4.78, 5) is 37.2. The largest absolute Gasteiger partial charge is 0.324 e. The van der Waals surface area contributed by atoms with Gasteiger partial charge >= 0.3 is 0 Å². The maximum Gasteiger partial charge on any atom is 0.269 e. The van der Waals surface area contributed by atoms with Crippen LogP contribution >= 0.6 is 47.2 Å². The third-order valence-electron chi connectivity index (χ3n) is 4.20. The number of anilines is 1. The number of thioether (sulfide) groups is 1. The van der Waals surface area contributed by atoms with Crippen LogP contribution in [-0.4, -0.2) is 32.0 Å². The highest BCUT2D eigenvalue weighted by Crippen LogP contribution is 2.36. The quantitative estimate of drug-likeness (QED) is 0.275. The van der Waals surface area contributed by atoms with E-state index < -0.39 is 22.8 Å². The van der Waals surface area contributed by atoms with Crippen molar-refractivity contribution >= 4 is 80.8 Å². The molecular weight excluding hydrogens is 469 g/mol. The van der Waals surface area contributed by atoms with Crippen LogP contribution in [0.4, 0.5) is 11.4 Å². The van der Waals surface area contributed by atoms with Gasteiger partial charge in [-0.15, -0.1) is 0 Å². The number of nitro benzene ring substituents is 1. The van der Waals surface area contributed by atoms with E-state index in [1.165, 1.54) is 29.2 Å². The molecule has 1 fully saturated rings. The fourth-order valence-electron chi connectivity index (χ4n) is 2.62. The molecule has 1 unspecified atom stereocenters. The molecule has 2 aromatic rings. The third-order valence-corrected chi connectivity index (χ3v) is 6.37. The fourth-order valence-corrected chi connectivity index (χ4v) is 4.39. The summed E-state index contributed by atoms with van der Waals surface area (Å²) in [6, 6.07) is 9.54. The molecule has 0 bridgehead atoms. The Bertz CT molecular complexity index is 1090. The summed E-state index contributed by atoms with van der Waals surface area (Å²) in [5.74, 6) is -0.908. The van der Waals surface area contributed by atoms with Crippen LogP contribution in [0.15, 0.2) is 47.4 Å². The van der Waals surface area contributed by atoms with Crippen molar-refractivity contribution in [3.63, 3.8) is 0 Å². The van der Waals surface area contributed by atoms with E-state index in [9.17, 15) is 19.7 Å². The van der Waals surface area contributed by atoms with Crippen LogP contribution < -0.4 is 5.32 Å². The molecule has 3 rings (SSSR count). The topological polar surface area (TPSA) is 92.5 Å². The lowest BCUT2D eigenvalue weighted by Crippen LogP contribution is -2.44. The summed E-state index contributed by atoms with van der Waals surface area (Å²) >= 11 is 18.5. The van der Waals surface area contributed by atoms with Crippen molar-refractivity contribution in [1.29, 1.82) is 0 Å². The molecule has 2 amide bonds. The van der Waals surface area contributed by atoms with E-state index >= 15 is 0 Å². The minimum absolute atomic E-state index is 0.0946.